The molecule has 0 aliphatic rings. The van der Waals surface area contributed by atoms with Crippen molar-refractivity contribution in [1.82, 2.24) is 9.88 Å². The van der Waals surface area contributed by atoms with Gasteiger partial charge in [-0.1, -0.05) is 6.07 Å². The molecule has 1 aromatic rings. The summed E-state index contributed by atoms with van der Waals surface area (Å²) in [6, 6.07) is 5.95. The lowest BCUT2D eigenvalue weighted by Gasteiger charge is -2.17. The SMILES string of the molecule is CN(CCc1ccccn1)CCC(O)CN. The second kappa shape index (κ2) is 7.33. The third kappa shape index (κ3) is 5.21. The van der Waals surface area contributed by atoms with E-state index in [9.17, 15) is 5.11 Å². The molecule has 90 valence electrons. The van der Waals surface area contributed by atoms with Gasteiger partial charge in [-0.05, 0) is 25.6 Å². The highest BCUT2D eigenvalue weighted by molar-refractivity contribution is 5.03. The Morgan fingerprint density at radius 1 is 1.44 bits per heavy atom. The number of aromatic nitrogens is 1. The van der Waals surface area contributed by atoms with E-state index in [-0.39, 0.29) is 6.10 Å². The van der Waals surface area contributed by atoms with Crippen molar-refractivity contribution in [3.8, 4) is 0 Å². The molecule has 0 saturated heterocycles. The Hall–Kier alpha value is -0.970. The number of pyridine rings is 1. The van der Waals surface area contributed by atoms with Crippen LogP contribution in [0.15, 0.2) is 24.4 Å². The van der Waals surface area contributed by atoms with Crippen LogP contribution in [0.5, 0.6) is 0 Å². The van der Waals surface area contributed by atoms with Crippen molar-refractivity contribution < 1.29 is 5.11 Å². The highest BCUT2D eigenvalue weighted by Gasteiger charge is 2.04. The number of aliphatic hydroxyl groups is 1. The predicted molar refractivity (Wildman–Crippen MR) is 65.1 cm³/mol. The molecule has 1 heterocycles. The summed E-state index contributed by atoms with van der Waals surface area (Å²) >= 11 is 0. The molecule has 0 radical (unpaired) electrons. The zero-order valence-electron chi connectivity index (χ0n) is 9.84. The number of hydrogen-bond donors (Lipinski definition) is 2. The molecule has 0 aromatic carbocycles. The molecule has 16 heavy (non-hydrogen) atoms. The first-order chi connectivity index (χ1) is 7.72. The maximum atomic E-state index is 9.33. The van der Waals surface area contributed by atoms with Crippen molar-refractivity contribution in [2.45, 2.75) is 18.9 Å². The van der Waals surface area contributed by atoms with E-state index in [0.29, 0.717) is 6.54 Å². The topological polar surface area (TPSA) is 62.4 Å². The van der Waals surface area contributed by atoms with Crippen LogP contribution in [0, 0.1) is 0 Å². The zero-order valence-corrected chi connectivity index (χ0v) is 9.84. The van der Waals surface area contributed by atoms with E-state index in [0.717, 1.165) is 31.6 Å². The van der Waals surface area contributed by atoms with Gasteiger partial charge in [0.1, 0.15) is 0 Å². The molecule has 4 nitrogen and oxygen atoms in total. The molecule has 1 unspecified atom stereocenters. The van der Waals surface area contributed by atoms with Gasteiger partial charge in [-0.25, -0.2) is 0 Å². The minimum Gasteiger partial charge on any atom is -0.392 e. The molecule has 0 aliphatic carbocycles. The lowest BCUT2D eigenvalue weighted by Crippen LogP contribution is -2.28. The van der Waals surface area contributed by atoms with Crippen LogP contribution >= 0.6 is 0 Å². The minimum absolute atomic E-state index is 0.341. The second-order valence-corrected chi connectivity index (χ2v) is 4.05. The first-order valence-electron chi connectivity index (χ1n) is 5.69. The maximum absolute atomic E-state index is 9.33. The summed E-state index contributed by atoms with van der Waals surface area (Å²) in [5.41, 5.74) is 6.45. The molecule has 3 N–H and O–H groups in total. The summed E-state index contributed by atoms with van der Waals surface area (Å²) in [5.74, 6) is 0. The van der Waals surface area contributed by atoms with Gasteiger partial charge in [-0.3, -0.25) is 4.98 Å². The van der Waals surface area contributed by atoms with Gasteiger partial charge < -0.3 is 15.7 Å². The van der Waals surface area contributed by atoms with Gasteiger partial charge in [0.25, 0.3) is 0 Å². The fourth-order valence-corrected chi connectivity index (χ4v) is 1.45. The van der Waals surface area contributed by atoms with Crippen LogP contribution in [0.2, 0.25) is 0 Å². The second-order valence-electron chi connectivity index (χ2n) is 4.05. The van der Waals surface area contributed by atoms with Gasteiger partial charge >= 0.3 is 0 Å². The number of aliphatic hydroxyl groups excluding tert-OH is 1. The average Bonchev–Trinajstić information content (AvgIpc) is 2.34. The quantitative estimate of drug-likeness (QED) is 0.696. The van der Waals surface area contributed by atoms with E-state index in [1.807, 2.05) is 31.4 Å². The standard InChI is InChI=1S/C12H21N3O/c1-15(9-6-12(16)10-13)8-5-11-4-2-3-7-14-11/h2-4,7,12,16H,5-6,8-10,13H2,1H3. The van der Waals surface area contributed by atoms with Crippen LogP contribution in [0.4, 0.5) is 0 Å². The minimum atomic E-state index is -0.377. The van der Waals surface area contributed by atoms with Crippen LogP contribution in [0.1, 0.15) is 12.1 Å². The monoisotopic (exact) mass is 223 g/mol. The largest absolute Gasteiger partial charge is 0.392 e. The van der Waals surface area contributed by atoms with E-state index < -0.39 is 0 Å². The van der Waals surface area contributed by atoms with Gasteiger partial charge in [0.15, 0.2) is 0 Å². The molecule has 0 amide bonds. The van der Waals surface area contributed by atoms with Crippen molar-refractivity contribution in [1.29, 1.82) is 0 Å². The first-order valence-corrected chi connectivity index (χ1v) is 5.69. The van der Waals surface area contributed by atoms with E-state index in [1.54, 1.807) is 0 Å². The third-order valence-corrected chi connectivity index (χ3v) is 2.59. The lowest BCUT2D eigenvalue weighted by molar-refractivity contribution is 0.154. The Kier molecular flexibility index (Phi) is 6.00. The molecular weight excluding hydrogens is 202 g/mol. The fraction of sp³-hybridized carbons (Fsp3) is 0.583. The van der Waals surface area contributed by atoms with Gasteiger partial charge in [0.05, 0.1) is 6.10 Å². The first kappa shape index (κ1) is 13.1. The maximum Gasteiger partial charge on any atom is 0.0674 e. The zero-order chi connectivity index (χ0) is 11.8. The van der Waals surface area contributed by atoms with Crippen LogP contribution < -0.4 is 5.73 Å². The summed E-state index contributed by atoms with van der Waals surface area (Å²) in [6.45, 7) is 2.16. The van der Waals surface area contributed by atoms with Crippen molar-refractivity contribution in [2.75, 3.05) is 26.7 Å². The predicted octanol–water partition coefficient (Wildman–Crippen LogP) is 0.266. The molecule has 1 rings (SSSR count). The molecule has 0 bridgehead atoms. The summed E-state index contributed by atoms with van der Waals surface area (Å²) in [6.07, 6.45) is 3.11. The van der Waals surface area contributed by atoms with E-state index in [4.69, 9.17) is 5.73 Å². The molecule has 0 saturated carbocycles. The van der Waals surface area contributed by atoms with E-state index >= 15 is 0 Å². The van der Waals surface area contributed by atoms with E-state index in [2.05, 4.69) is 9.88 Å². The molecular formula is C12H21N3O. The Labute approximate surface area is 97.1 Å². The van der Waals surface area contributed by atoms with Crippen LogP contribution in [0.25, 0.3) is 0 Å². The van der Waals surface area contributed by atoms with Crippen molar-refractivity contribution >= 4 is 0 Å². The van der Waals surface area contributed by atoms with E-state index in [1.165, 1.54) is 0 Å². The molecule has 0 fully saturated rings. The lowest BCUT2D eigenvalue weighted by atomic mass is 10.2. The number of nitrogens with zero attached hydrogens (tertiary/aromatic N) is 2. The van der Waals surface area contributed by atoms with Gasteiger partial charge in [-0.15, -0.1) is 0 Å². The molecule has 0 aliphatic heterocycles. The Morgan fingerprint density at radius 3 is 2.88 bits per heavy atom. The third-order valence-electron chi connectivity index (χ3n) is 2.59. The van der Waals surface area contributed by atoms with Crippen molar-refractivity contribution in [3.63, 3.8) is 0 Å². The summed E-state index contributed by atoms with van der Waals surface area (Å²) in [4.78, 5) is 6.45. The summed E-state index contributed by atoms with van der Waals surface area (Å²) in [5, 5.41) is 9.33. The molecule has 1 atom stereocenters. The Morgan fingerprint density at radius 2 is 2.25 bits per heavy atom. The number of likely N-dealkylation sites (N-methyl/N-ethyl adjacent to an activating group) is 1. The molecule has 0 spiro atoms. The molecule has 1 aromatic heterocycles. The van der Waals surface area contributed by atoms with Crippen LogP contribution in [-0.4, -0.2) is 47.8 Å². The average molecular weight is 223 g/mol. The smallest absolute Gasteiger partial charge is 0.0674 e. The molecule has 4 heteroatoms. The number of nitrogens with two attached hydrogens (primary N) is 1. The van der Waals surface area contributed by atoms with Crippen molar-refractivity contribution in [2.24, 2.45) is 5.73 Å². The fourth-order valence-electron chi connectivity index (χ4n) is 1.45. The van der Waals surface area contributed by atoms with Crippen molar-refractivity contribution in [3.05, 3.63) is 30.1 Å². The van der Waals surface area contributed by atoms with Gasteiger partial charge in [0.2, 0.25) is 0 Å². The van der Waals surface area contributed by atoms with Gasteiger partial charge in [-0.2, -0.15) is 0 Å². The Balaban J connectivity index is 2.18. The number of rotatable bonds is 7. The number of hydrogen-bond acceptors (Lipinski definition) is 4. The summed E-state index contributed by atoms with van der Waals surface area (Å²) < 4.78 is 0. The van der Waals surface area contributed by atoms with Gasteiger partial charge in [0, 0.05) is 37.9 Å². The summed E-state index contributed by atoms with van der Waals surface area (Å²) in [7, 11) is 2.05. The highest BCUT2D eigenvalue weighted by Crippen LogP contribution is 1.98. The van der Waals surface area contributed by atoms with Crippen LogP contribution in [-0.2, 0) is 6.42 Å². The normalized spacial score (nSPS) is 13.0. The highest BCUT2D eigenvalue weighted by atomic mass is 16.3. The van der Waals surface area contributed by atoms with Crippen LogP contribution in [0.3, 0.4) is 0 Å². The Bertz CT molecular complexity index is 279.